The third-order valence-electron chi connectivity index (χ3n) is 5.54. The van der Waals surface area contributed by atoms with Gasteiger partial charge in [-0.2, -0.15) is 0 Å². The molecule has 4 heteroatoms. The molecular formula is C20H24O4. The van der Waals surface area contributed by atoms with E-state index in [2.05, 4.69) is 0 Å². The molecular weight excluding hydrogens is 304 g/mol. The van der Waals surface area contributed by atoms with Crippen molar-refractivity contribution in [1.29, 1.82) is 0 Å². The van der Waals surface area contributed by atoms with Crippen LogP contribution >= 0.6 is 0 Å². The molecule has 0 spiro atoms. The predicted molar refractivity (Wildman–Crippen MR) is 92.9 cm³/mol. The Kier molecular flexibility index (Phi) is 4.26. The van der Waals surface area contributed by atoms with Crippen LogP contribution in [0.2, 0.25) is 0 Å². The second kappa shape index (κ2) is 6.10. The van der Waals surface area contributed by atoms with Crippen LogP contribution in [0.4, 0.5) is 0 Å². The number of Topliss-reactive ketones (excluding diaryl/α,β-unsaturated/α-hetero) is 1. The molecule has 0 aliphatic heterocycles. The fourth-order valence-corrected chi connectivity index (χ4v) is 4.05. The number of allylic oxidation sites excluding steroid dienone is 2. The summed E-state index contributed by atoms with van der Waals surface area (Å²) in [5.41, 5.74) is 2.69. The summed E-state index contributed by atoms with van der Waals surface area (Å²) in [7, 11) is 1.54. The number of aliphatic hydroxyl groups excluding tert-OH is 1. The molecule has 0 saturated heterocycles. The van der Waals surface area contributed by atoms with E-state index in [9.17, 15) is 15.0 Å². The lowest BCUT2D eigenvalue weighted by atomic mass is 9.61. The highest BCUT2D eigenvalue weighted by Crippen LogP contribution is 2.50. The van der Waals surface area contributed by atoms with Gasteiger partial charge in [0.1, 0.15) is 11.5 Å². The summed E-state index contributed by atoms with van der Waals surface area (Å²) in [6, 6.07) is 5.03. The number of benzene rings is 1. The average Bonchev–Trinajstić information content (AvgIpc) is 2.56. The molecule has 1 saturated carbocycles. The molecule has 0 aromatic heterocycles. The van der Waals surface area contributed by atoms with Gasteiger partial charge in [0.25, 0.3) is 0 Å². The molecule has 0 unspecified atom stereocenters. The van der Waals surface area contributed by atoms with E-state index in [-0.39, 0.29) is 16.9 Å². The first-order valence-electron chi connectivity index (χ1n) is 8.37. The van der Waals surface area contributed by atoms with Crippen LogP contribution in [0.5, 0.6) is 11.5 Å². The summed E-state index contributed by atoms with van der Waals surface area (Å²) in [6.45, 7) is 3.90. The van der Waals surface area contributed by atoms with E-state index in [1.54, 1.807) is 25.3 Å². The summed E-state index contributed by atoms with van der Waals surface area (Å²) < 4.78 is 5.09. The highest BCUT2D eigenvalue weighted by atomic mass is 16.5. The molecule has 0 bridgehead atoms. The number of fused-ring (bicyclic) bond motifs is 1. The largest absolute Gasteiger partial charge is 0.507 e. The van der Waals surface area contributed by atoms with Crippen molar-refractivity contribution in [2.24, 2.45) is 5.41 Å². The van der Waals surface area contributed by atoms with Crippen molar-refractivity contribution in [3.8, 4) is 11.5 Å². The Labute approximate surface area is 142 Å². The molecule has 1 aromatic rings. The second-order valence-electron chi connectivity index (χ2n) is 7.03. The standard InChI is InChI=1S/C20H24O4/c1-12-16-5-4-6-18(22)20(16,2)11-14(19(12)23)9-13-7-8-15(24-3)10-17(13)21/h7-10,18,21-22H,4-6,11H2,1-3H3/t18-,20-/m0/s1. The number of ether oxygens (including phenoxy) is 1. The number of hydrogen-bond donors (Lipinski definition) is 2. The number of ketones is 1. The maximum Gasteiger partial charge on any atom is 0.184 e. The van der Waals surface area contributed by atoms with Gasteiger partial charge in [-0.25, -0.2) is 0 Å². The monoisotopic (exact) mass is 328 g/mol. The van der Waals surface area contributed by atoms with Gasteiger partial charge >= 0.3 is 0 Å². The molecule has 2 N–H and O–H groups in total. The van der Waals surface area contributed by atoms with Crippen molar-refractivity contribution in [3.63, 3.8) is 0 Å². The molecule has 1 fully saturated rings. The summed E-state index contributed by atoms with van der Waals surface area (Å²) in [5.74, 6) is 0.667. The normalized spacial score (nSPS) is 28.9. The number of carbonyl (C=O) groups excluding carboxylic acids is 1. The molecule has 2 aliphatic carbocycles. The van der Waals surface area contributed by atoms with Crippen molar-refractivity contribution < 1.29 is 19.7 Å². The molecule has 0 radical (unpaired) electrons. The summed E-state index contributed by atoms with van der Waals surface area (Å²) in [4.78, 5) is 12.8. The lowest BCUT2D eigenvalue weighted by Crippen LogP contribution is -2.42. The summed E-state index contributed by atoms with van der Waals surface area (Å²) in [5, 5.41) is 20.7. The van der Waals surface area contributed by atoms with Crippen molar-refractivity contribution in [3.05, 3.63) is 40.5 Å². The first kappa shape index (κ1) is 16.8. The van der Waals surface area contributed by atoms with Gasteiger partial charge in [-0.05, 0) is 56.4 Å². The first-order chi connectivity index (χ1) is 11.4. The Balaban J connectivity index is 2.04. The minimum atomic E-state index is -0.433. The second-order valence-corrected chi connectivity index (χ2v) is 7.03. The van der Waals surface area contributed by atoms with Crippen LogP contribution in [0.1, 0.15) is 45.1 Å². The zero-order valence-electron chi connectivity index (χ0n) is 14.4. The van der Waals surface area contributed by atoms with Crippen LogP contribution in [-0.4, -0.2) is 29.2 Å². The smallest absolute Gasteiger partial charge is 0.184 e. The van der Waals surface area contributed by atoms with Gasteiger partial charge in [-0.15, -0.1) is 0 Å². The van der Waals surface area contributed by atoms with E-state index in [0.29, 0.717) is 23.3 Å². The minimum Gasteiger partial charge on any atom is -0.507 e. The van der Waals surface area contributed by atoms with Crippen molar-refractivity contribution in [1.82, 2.24) is 0 Å². The average molecular weight is 328 g/mol. The van der Waals surface area contributed by atoms with Crippen molar-refractivity contribution in [2.45, 2.75) is 45.6 Å². The fraction of sp³-hybridized carbons (Fsp3) is 0.450. The van der Waals surface area contributed by atoms with Gasteiger partial charge in [0.05, 0.1) is 13.2 Å². The Morgan fingerprint density at radius 1 is 1.38 bits per heavy atom. The number of methoxy groups -OCH3 is 1. The lowest BCUT2D eigenvalue weighted by Gasteiger charge is -2.45. The summed E-state index contributed by atoms with van der Waals surface area (Å²) in [6.07, 6.45) is 4.39. The zero-order chi connectivity index (χ0) is 17.5. The van der Waals surface area contributed by atoms with Crippen molar-refractivity contribution >= 4 is 11.9 Å². The molecule has 128 valence electrons. The Morgan fingerprint density at radius 2 is 2.12 bits per heavy atom. The van der Waals surface area contributed by atoms with E-state index >= 15 is 0 Å². The van der Waals surface area contributed by atoms with Crippen LogP contribution in [0, 0.1) is 5.41 Å². The number of phenolic OH excluding ortho intramolecular Hbond substituents is 1. The van der Waals surface area contributed by atoms with Crippen LogP contribution < -0.4 is 4.74 Å². The van der Waals surface area contributed by atoms with Crippen LogP contribution in [0.25, 0.3) is 6.08 Å². The molecule has 1 aromatic carbocycles. The first-order valence-corrected chi connectivity index (χ1v) is 8.37. The topological polar surface area (TPSA) is 66.8 Å². The third-order valence-corrected chi connectivity index (χ3v) is 5.54. The number of phenols is 1. The maximum absolute atomic E-state index is 12.8. The number of carbonyl (C=O) groups is 1. The van der Waals surface area contributed by atoms with Crippen molar-refractivity contribution in [2.75, 3.05) is 7.11 Å². The molecule has 24 heavy (non-hydrogen) atoms. The Hall–Kier alpha value is -2.07. The fourth-order valence-electron chi connectivity index (χ4n) is 4.05. The van der Waals surface area contributed by atoms with Gasteiger partial charge in [-0.1, -0.05) is 12.5 Å². The highest BCUT2D eigenvalue weighted by molar-refractivity contribution is 6.12. The van der Waals surface area contributed by atoms with Crippen LogP contribution in [-0.2, 0) is 4.79 Å². The molecule has 4 nitrogen and oxygen atoms in total. The quantitative estimate of drug-likeness (QED) is 0.814. The third kappa shape index (κ3) is 2.65. The van der Waals surface area contributed by atoms with Gasteiger partial charge < -0.3 is 14.9 Å². The number of hydrogen-bond acceptors (Lipinski definition) is 4. The lowest BCUT2D eigenvalue weighted by molar-refractivity contribution is -0.113. The SMILES string of the molecule is COc1ccc(C=C2C[C@@]3(C)C(=C(C)C2=O)CCC[C@@H]3O)c(O)c1. The van der Waals surface area contributed by atoms with E-state index in [1.165, 1.54) is 6.07 Å². The van der Waals surface area contributed by atoms with E-state index in [1.807, 2.05) is 13.8 Å². The molecule has 2 atom stereocenters. The van der Waals surface area contributed by atoms with E-state index in [4.69, 9.17) is 4.74 Å². The Bertz CT molecular complexity index is 744. The minimum absolute atomic E-state index is 0.0202. The number of aromatic hydroxyl groups is 1. The number of aliphatic hydroxyl groups is 1. The van der Waals surface area contributed by atoms with Crippen LogP contribution in [0.3, 0.4) is 0 Å². The maximum atomic E-state index is 12.8. The molecule has 3 rings (SSSR count). The van der Waals surface area contributed by atoms with E-state index in [0.717, 1.165) is 30.4 Å². The highest BCUT2D eigenvalue weighted by Gasteiger charge is 2.45. The van der Waals surface area contributed by atoms with Gasteiger partial charge in [-0.3, -0.25) is 4.79 Å². The van der Waals surface area contributed by atoms with Gasteiger partial charge in [0.15, 0.2) is 5.78 Å². The zero-order valence-corrected chi connectivity index (χ0v) is 14.4. The van der Waals surface area contributed by atoms with E-state index < -0.39 is 6.10 Å². The van der Waals surface area contributed by atoms with Gasteiger partial charge in [0.2, 0.25) is 0 Å². The molecule has 0 heterocycles. The molecule has 2 aliphatic rings. The van der Waals surface area contributed by atoms with Gasteiger partial charge in [0, 0.05) is 22.6 Å². The molecule has 0 amide bonds. The van der Waals surface area contributed by atoms with Crippen LogP contribution in [0.15, 0.2) is 34.9 Å². The number of rotatable bonds is 2. The Morgan fingerprint density at radius 3 is 2.79 bits per heavy atom. The summed E-state index contributed by atoms with van der Waals surface area (Å²) >= 11 is 0. The predicted octanol–water partition coefficient (Wildman–Crippen LogP) is 3.62.